The van der Waals surface area contributed by atoms with Gasteiger partial charge in [-0.05, 0) is 48.1 Å². The van der Waals surface area contributed by atoms with Gasteiger partial charge >= 0.3 is 0 Å². The molecule has 16 heavy (non-hydrogen) atoms. The number of halogens is 1. The highest BCUT2D eigenvalue weighted by Gasteiger charge is 2.51. The van der Waals surface area contributed by atoms with Gasteiger partial charge in [-0.2, -0.15) is 11.5 Å². The minimum Gasteiger partial charge on any atom is -0.195 e. The molecule has 0 heterocycles. The standard InChI is InChI=1S/C14H22BCl/c16-15(13-7-9-1-3-11(13)5-9)14-8-10-2-4-12(14)6-10/h9-14H,1-8H2/t9-,10-,11+,12+,13+,14+/m1/s1. The van der Waals surface area contributed by atoms with Gasteiger partial charge in [0, 0.05) is 0 Å². The van der Waals surface area contributed by atoms with Crippen LogP contribution in [0.4, 0.5) is 0 Å². The van der Waals surface area contributed by atoms with Crippen LogP contribution >= 0.6 is 11.5 Å². The highest BCUT2D eigenvalue weighted by molar-refractivity contribution is 7.08. The van der Waals surface area contributed by atoms with Gasteiger partial charge in [0.2, 0.25) is 0 Å². The van der Waals surface area contributed by atoms with Crippen LogP contribution in [-0.2, 0) is 0 Å². The van der Waals surface area contributed by atoms with Crippen molar-refractivity contribution in [1.29, 1.82) is 0 Å². The van der Waals surface area contributed by atoms with Crippen LogP contribution < -0.4 is 0 Å². The Morgan fingerprint density at radius 1 is 0.688 bits per heavy atom. The van der Waals surface area contributed by atoms with Gasteiger partial charge in [0.1, 0.15) is 0 Å². The lowest BCUT2D eigenvalue weighted by Crippen LogP contribution is -2.28. The molecule has 4 aliphatic rings. The second-order valence-electron chi connectivity index (χ2n) is 7.12. The molecule has 0 aliphatic heterocycles. The maximum absolute atomic E-state index is 6.88. The number of hydrogen-bond acceptors (Lipinski definition) is 0. The van der Waals surface area contributed by atoms with Crippen molar-refractivity contribution in [2.45, 2.75) is 63.0 Å². The van der Waals surface area contributed by atoms with E-state index in [1.807, 2.05) is 0 Å². The molecule has 0 aromatic rings. The zero-order valence-electron chi connectivity index (χ0n) is 10.1. The molecule has 0 spiro atoms. The number of hydrogen-bond donors (Lipinski definition) is 0. The topological polar surface area (TPSA) is 0 Å². The summed E-state index contributed by atoms with van der Waals surface area (Å²) in [5.41, 5.74) is 0. The van der Waals surface area contributed by atoms with Crippen LogP contribution in [0.1, 0.15) is 51.4 Å². The fourth-order valence-corrected chi connectivity index (χ4v) is 6.30. The molecule has 0 N–H and O–H groups in total. The Labute approximate surface area is 105 Å². The first-order valence-corrected chi connectivity index (χ1v) is 7.89. The maximum atomic E-state index is 6.88. The lowest BCUT2D eigenvalue weighted by molar-refractivity contribution is 0.443. The fraction of sp³-hybridized carbons (Fsp3) is 1.00. The maximum Gasteiger partial charge on any atom is 0.257 e. The first kappa shape index (κ1) is 10.3. The summed E-state index contributed by atoms with van der Waals surface area (Å²) in [7, 11) is 0. The molecule has 4 aliphatic carbocycles. The predicted molar refractivity (Wildman–Crippen MR) is 70.0 cm³/mol. The van der Waals surface area contributed by atoms with E-state index in [9.17, 15) is 0 Å². The third kappa shape index (κ3) is 1.43. The van der Waals surface area contributed by atoms with E-state index in [0.717, 1.165) is 35.3 Å². The molecular formula is C14H22BCl. The van der Waals surface area contributed by atoms with Crippen molar-refractivity contribution >= 4 is 17.6 Å². The van der Waals surface area contributed by atoms with Crippen LogP contribution in [0, 0.1) is 23.7 Å². The second-order valence-corrected chi connectivity index (χ2v) is 7.63. The van der Waals surface area contributed by atoms with Gasteiger partial charge in [0.15, 0.2) is 0 Å². The number of fused-ring (bicyclic) bond motifs is 4. The molecule has 0 aromatic heterocycles. The van der Waals surface area contributed by atoms with E-state index >= 15 is 0 Å². The summed E-state index contributed by atoms with van der Waals surface area (Å²) >= 11 is 6.88. The Morgan fingerprint density at radius 2 is 1.19 bits per heavy atom. The van der Waals surface area contributed by atoms with E-state index in [2.05, 4.69) is 0 Å². The van der Waals surface area contributed by atoms with Gasteiger partial charge in [-0.25, -0.2) is 0 Å². The zero-order chi connectivity index (χ0) is 10.7. The lowest BCUT2D eigenvalue weighted by Gasteiger charge is -2.32. The van der Waals surface area contributed by atoms with E-state index in [0.29, 0.717) is 6.13 Å². The van der Waals surface area contributed by atoms with Crippen LogP contribution in [0.5, 0.6) is 0 Å². The van der Waals surface area contributed by atoms with Gasteiger partial charge < -0.3 is 0 Å². The first-order valence-electron chi connectivity index (χ1n) is 7.45. The molecule has 0 saturated heterocycles. The van der Waals surface area contributed by atoms with Crippen molar-refractivity contribution in [1.82, 2.24) is 0 Å². The first-order chi connectivity index (χ1) is 7.81. The summed E-state index contributed by atoms with van der Waals surface area (Å²) in [6.45, 7) is 0. The molecule has 2 heteroatoms. The average Bonchev–Trinajstić information content (AvgIpc) is 3.06. The van der Waals surface area contributed by atoms with E-state index in [1.165, 1.54) is 51.4 Å². The second kappa shape index (κ2) is 3.67. The highest BCUT2D eigenvalue weighted by atomic mass is 35.5. The van der Waals surface area contributed by atoms with E-state index < -0.39 is 0 Å². The Kier molecular flexibility index (Phi) is 2.36. The summed E-state index contributed by atoms with van der Waals surface area (Å²) in [5, 5.41) is 0. The van der Waals surface area contributed by atoms with Gasteiger partial charge in [-0.3, -0.25) is 0 Å². The molecule has 0 aromatic carbocycles. The third-order valence-corrected chi connectivity index (χ3v) is 7.05. The van der Waals surface area contributed by atoms with Crippen molar-refractivity contribution < 1.29 is 0 Å². The summed E-state index contributed by atoms with van der Waals surface area (Å²) in [5.74, 6) is 5.98. The van der Waals surface area contributed by atoms with Crippen LogP contribution in [0.25, 0.3) is 0 Å². The van der Waals surface area contributed by atoms with Crippen molar-refractivity contribution in [2.24, 2.45) is 23.7 Å². The number of rotatable bonds is 2. The molecule has 0 unspecified atom stereocenters. The predicted octanol–water partition coefficient (Wildman–Crippen LogP) is 4.60. The molecule has 0 amide bonds. The molecule has 4 saturated carbocycles. The Balaban J connectivity index is 1.48. The van der Waals surface area contributed by atoms with Gasteiger partial charge in [0.05, 0.1) is 0 Å². The molecular weight excluding hydrogens is 214 g/mol. The largest absolute Gasteiger partial charge is 0.257 e. The van der Waals surface area contributed by atoms with E-state index in [4.69, 9.17) is 11.5 Å². The summed E-state index contributed by atoms with van der Waals surface area (Å²) < 4.78 is 0. The molecule has 4 fully saturated rings. The molecule has 0 nitrogen and oxygen atoms in total. The van der Waals surface area contributed by atoms with Gasteiger partial charge in [-0.15, -0.1) is 0 Å². The molecule has 4 rings (SSSR count). The Morgan fingerprint density at radius 3 is 1.50 bits per heavy atom. The zero-order valence-corrected chi connectivity index (χ0v) is 10.8. The van der Waals surface area contributed by atoms with Crippen LogP contribution in [-0.4, -0.2) is 6.13 Å². The quantitative estimate of drug-likeness (QED) is 0.615. The highest BCUT2D eigenvalue weighted by Crippen LogP contribution is 2.60. The smallest absolute Gasteiger partial charge is 0.195 e. The van der Waals surface area contributed by atoms with Crippen molar-refractivity contribution in [2.75, 3.05) is 0 Å². The fourth-order valence-electron chi connectivity index (χ4n) is 5.69. The average molecular weight is 237 g/mol. The lowest BCUT2D eigenvalue weighted by atomic mass is 9.46. The Hall–Kier alpha value is 0.355. The van der Waals surface area contributed by atoms with Crippen LogP contribution in [0.2, 0.25) is 11.6 Å². The molecule has 6 atom stereocenters. The van der Waals surface area contributed by atoms with E-state index in [1.54, 1.807) is 0 Å². The Bertz CT molecular complexity index is 264. The van der Waals surface area contributed by atoms with Gasteiger partial charge in [-0.1, -0.05) is 38.5 Å². The monoisotopic (exact) mass is 236 g/mol. The minimum absolute atomic E-state index is 0.547. The van der Waals surface area contributed by atoms with Crippen LogP contribution in [0.3, 0.4) is 0 Å². The summed E-state index contributed by atoms with van der Waals surface area (Å²) in [6.07, 6.45) is 12.6. The SMILES string of the molecule is ClB([C@H]1C[C@@H]2CC[C@H]1C2)[C@H]1C[C@@H]2CC[C@H]1C2. The van der Waals surface area contributed by atoms with Crippen LogP contribution in [0.15, 0.2) is 0 Å². The van der Waals surface area contributed by atoms with Crippen molar-refractivity contribution in [3.05, 3.63) is 0 Å². The third-order valence-electron chi connectivity index (χ3n) is 6.40. The van der Waals surface area contributed by atoms with E-state index in [-0.39, 0.29) is 0 Å². The van der Waals surface area contributed by atoms with Crippen molar-refractivity contribution in [3.63, 3.8) is 0 Å². The summed E-state index contributed by atoms with van der Waals surface area (Å²) in [6, 6.07) is 0. The molecule has 0 radical (unpaired) electrons. The normalized spacial score (nSPS) is 53.8. The summed E-state index contributed by atoms with van der Waals surface area (Å²) in [4.78, 5) is 0. The molecule has 4 bridgehead atoms. The van der Waals surface area contributed by atoms with Gasteiger partial charge in [0.25, 0.3) is 6.13 Å². The molecule has 88 valence electrons. The minimum atomic E-state index is 0.547. The van der Waals surface area contributed by atoms with Crippen molar-refractivity contribution in [3.8, 4) is 0 Å².